The van der Waals surface area contributed by atoms with Gasteiger partial charge in [0.1, 0.15) is 11.6 Å². The molecule has 2 aliphatic carbocycles. The zero-order valence-electron chi connectivity index (χ0n) is 23.0. The van der Waals surface area contributed by atoms with Crippen LogP contribution in [0.1, 0.15) is 70.3 Å². The van der Waals surface area contributed by atoms with E-state index in [-0.39, 0.29) is 23.8 Å². The number of imidazole rings is 1. The lowest BCUT2D eigenvalue weighted by molar-refractivity contribution is -0.107. The van der Waals surface area contributed by atoms with Crippen molar-refractivity contribution in [2.24, 2.45) is 5.73 Å². The van der Waals surface area contributed by atoms with Crippen LogP contribution in [0.3, 0.4) is 0 Å². The molecule has 3 aromatic rings. The van der Waals surface area contributed by atoms with Crippen molar-refractivity contribution in [1.29, 1.82) is 0 Å². The second kappa shape index (κ2) is 12.1. The van der Waals surface area contributed by atoms with E-state index < -0.39 is 17.7 Å². The summed E-state index contributed by atoms with van der Waals surface area (Å²) < 4.78 is 29.5. The van der Waals surface area contributed by atoms with Gasteiger partial charge in [-0.25, -0.2) is 18.6 Å². The Morgan fingerprint density at radius 3 is 2.44 bits per heavy atom. The molecule has 41 heavy (non-hydrogen) atoms. The summed E-state index contributed by atoms with van der Waals surface area (Å²) in [7, 11) is 0. The molecule has 6 rings (SSSR count). The Labute approximate surface area is 237 Å². The fourth-order valence-electron chi connectivity index (χ4n) is 6.11. The number of nitrogens with one attached hydrogen (secondary N) is 3. The summed E-state index contributed by atoms with van der Waals surface area (Å²) in [5.41, 5.74) is 7.43. The summed E-state index contributed by atoms with van der Waals surface area (Å²) in [5.74, 6) is -0.0943. The molecule has 3 heterocycles. The standard InChI is InChI=1S/C28H37F2N9O2/c29-17-5-10-22(30)23(15-17)35-28(40)41-38-13-11-20(12-14-38)33-25-24-26(39(16-32-24)21-3-1-2-4-21)37-27(36-25)34-19-8-6-18(31)7-9-19/h5,10,15-16,18-21H,1-4,6-9,11-14,31H2,(H,35,40)(H2,33,34,36,37). The van der Waals surface area contributed by atoms with Crippen LogP contribution in [0.4, 0.5) is 31.0 Å². The van der Waals surface area contributed by atoms with Crippen LogP contribution in [0.5, 0.6) is 0 Å². The Kier molecular flexibility index (Phi) is 8.15. The van der Waals surface area contributed by atoms with Crippen LogP contribution >= 0.6 is 0 Å². The first-order valence-electron chi connectivity index (χ1n) is 14.6. The van der Waals surface area contributed by atoms with Gasteiger partial charge in [-0.15, -0.1) is 5.06 Å². The summed E-state index contributed by atoms with van der Waals surface area (Å²) >= 11 is 0. The number of anilines is 3. The van der Waals surface area contributed by atoms with Crippen LogP contribution in [-0.4, -0.2) is 61.9 Å². The van der Waals surface area contributed by atoms with Gasteiger partial charge in [-0.2, -0.15) is 9.97 Å². The second-order valence-electron chi connectivity index (χ2n) is 11.4. The van der Waals surface area contributed by atoms with Gasteiger partial charge < -0.3 is 25.8 Å². The van der Waals surface area contributed by atoms with Crippen LogP contribution in [0.2, 0.25) is 0 Å². The number of piperidine rings is 1. The van der Waals surface area contributed by atoms with Crippen molar-refractivity contribution in [3.63, 3.8) is 0 Å². The van der Waals surface area contributed by atoms with Crippen molar-refractivity contribution in [1.82, 2.24) is 24.6 Å². The number of nitrogens with zero attached hydrogens (tertiary/aromatic N) is 5. The van der Waals surface area contributed by atoms with Gasteiger partial charge in [0.2, 0.25) is 5.95 Å². The quantitative estimate of drug-likeness (QED) is 0.312. The molecule has 13 heteroatoms. The largest absolute Gasteiger partial charge is 0.430 e. The first-order chi connectivity index (χ1) is 19.9. The average Bonchev–Trinajstić information content (AvgIpc) is 3.63. The summed E-state index contributed by atoms with van der Waals surface area (Å²) in [6.07, 6.45) is 11.0. The molecule has 2 saturated carbocycles. The topological polar surface area (TPSA) is 135 Å². The van der Waals surface area contributed by atoms with Gasteiger partial charge in [-0.1, -0.05) is 12.8 Å². The van der Waals surface area contributed by atoms with Gasteiger partial charge >= 0.3 is 6.09 Å². The third kappa shape index (κ3) is 6.51. The fraction of sp³-hybridized carbons (Fsp3) is 0.571. The molecule has 5 N–H and O–H groups in total. The molecule has 1 aromatic carbocycles. The number of amides is 1. The maximum absolute atomic E-state index is 13.9. The molecule has 0 radical (unpaired) electrons. The van der Waals surface area contributed by atoms with Gasteiger partial charge in [0.15, 0.2) is 17.0 Å². The van der Waals surface area contributed by atoms with E-state index in [1.165, 1.54) is 17.9 Å². The minimum atomic E-state index is -0.866. The molecule has 3 fully saturated rings. The lowest BCUT2D eigenvalue weighted by Gasteiger charge is -2.31. The smallest absolute Gasteiger partial charge is 0.365 e. The van der Waals surface area contributed by atoms with E-state index in [0.717, 1.165) is 67.9 Å². The Hall–Kier alpha value is -3.58. The van der Waals surface area contributed by atoms with Crippen molar-refractivity contribution < 1.29 is 18.4 Å². The monoisotopic (exact) mass is 569 g/mol. The fourth-order valence-corrected chi connectivity index (χ4v) is 6.11. The van der Waals surface area contributed by atoms with Gasteiger partial charge in [0.25, 0.3) is 0 Å². The molecule has 3 aliphatic rings. The lowest BCUT2D eigenvalue weighted by Crippen LogP contribution is -2.41. The second-order valence-corrected chi connectivity index (χ2v) is 11.4. The number of carbonyl (C=O) groups is 1. The summed E-state index contributed by atoms with van der Waals surface area (Å²) in [4.78, 5) is 32.1. The number of fused-ring (bicyclic) bond motifs is 1. The molecule has 1 aliphatic heterocycles. The van der Waals surface area contributed by atoms with Crippen molar-refractivity contribution in [2.45, 2.75) is 88.4 Å². The third-order valence-corrected chi connectivity index (χ3v) is 8.42. The Morgan fingerprint density at radius 1 is 0.951 bits per heavy atom. The van der Waals surface area contributed by atoms with Crippen LogP contribution < -0.4 is 21.7 Å². The number of carbonyl (C=O) groups excluding carboxylic acids is 1. The van der Waals surface area contributed by atoms with Crippen molar-refractivity contribution in [3.8, 4) is 0 Å². The predicted molar refractivity (Wildman–Crippen MR) is 151 cm³/mol. The molecule has 0 atom stereocenters. The van der Waals surface area contributed by atoms with E-state index in [1.807, 2.05) is 6.33 Å². The van der Waals surface area contributed by atoms with E-state index >= 15 is 0 Å². The van der Waals surface area contributed by atoms with Crippen LogP contribution in [0, 0.1) is 11.6 Å². The minimum Gasteiger partial charge on any atom is -0.365 e. The molecule has 0 bridgehead atoms. The first-order valence-corrected chi connectivity index (χ1v) is 14.6. The van der Waals surface area contributed by atoms with Gasteiger partial charge in [-0.05, 0) is 63.5 Å². The number of hydroxylamine groups is 2. The first kappa shape index (κ1) is 27.6. The van der Waals surface area contributed by atoms with Crippen molar-refractivity contribution >= 4 is 34.7 Å². The maximum atomic E-state index is 13.9. The lowest BCUT2D eigenvalue weighted by atomic mass is 9.92. The van der Waals surface area contributed by atoms with Crippen molar-refractivity contribution in [3.05, 3.63) is 36.2 Å². The Morgan fingerprint density at radius 2 is 1.68 bits per heavy atom. The number of aromatic nitrogens is 4. The molecular weight excluding hydrogens is 532 g/mol. The van der Waals surface area contributed by atoms with Crippen molar-refractivity contribution in [2.75, 3.05) is 29.0 Å². The van der Waals surface area contributed by atoms with Gasteiger partial charge in [0.05, 0.1) is 12.0 Å². The highest BCUT2D eigenvalue weighted by molar-refractivity contribution is 5.85. The highest BCUT2D eigenvalue weighted by Crippen LogP contribution is 2.34. The molecule has 2 aromatic heterocycles. The minimum absolute atomic E-state index is 0.0776. The van der Waals surface area contributed by atoms with E-state index in [9.17, 15) is 13.6 Å². The number of hydrogen-bond donors (Lipinski definition) is 4. The number of hydrogen-bond acceptors (Lipinski definition) is 9. The Bertz CT molecular complexity index is 1360. The zero-order chi connectivity index (χ0) is 28.3. The molecule has 0 spiro atoms. The number of rotatable bonds is 7. The molecule has 220 valence electrons. The molecule has 0 unspecified atom stereocenters. The number of nitrogens with two attached hydrogens (primary N) is 1. The summed E-state index contributed by atoms with van der Waals surface area (Å²) in [6.45, 7) is 0.934. The predicted octanol–water partition coefficient (Wildman–Crippen LogP) is 4.94. The van der Waals surface area contributed by atoms with Crippen LogP contribution in [0.15, 0.2) is 24.5 Å². The third-order valence-electron chi connectivity index (χ3n) is 8.42. The van der Waals surface area contributed by atoms with Crippen LogP contribution in [-0.2, 0) is 4.84 Å². The van der Waals surface area contributed by atoms with E-state index in [1.54, 1.807) is 0 Å². The maximum Gasteiger partial charge on any atom is 0.430 e. The Balaban J connectivity index is 1.12. The molecule has 1 saturated heterocycles. The highest BCUT2D eigenvalue weighted by Gasteiger charge is 2.27. The van der Waals surface area contributed by atoms with E-state index in [0.29, 0.717) is 43.7 Å². The summed E-state index contributed by atoms with van der Waals surface area (Å²) in [5, 5.41) is 10.9. The average molecular weight is 570 g/mol. The SMILES string of the molecule is NC1CCC(Nc2nc(NC3CCN(OC(=O)Nc4cc(F)ccc4F)CC3)c3ncn(C4CCCC4)c3n2)CC1. The molecular formula is C28H37F2N9O2. The highest BCUT2D eigenvalue weighted by atomic mass is 19.1. The van der Waals surface area contributed by atoms with Gasteiger partial charge in [0, 0.05) is 43.3 Å². The number of halogens is 2. The van der Waals surface area contributed by atoms with E-state index in [2.05, 4.69) is 20.5 Å². The van der Waals surface area contributed by atoms with Gasteiger partial charge in [-0.3, -0.25) is 5.32 Å². The molecule has 11 nitrogen and oxygen atoms in total. The van der Waals surface area contributed by atoms with E-state index in [4.69, 9.17) is 25.5 Å². The number of benzene rings is 1. The zero-order valence-corrected chi connectivity index (χ0v) is 23.0. The normalized spacial score (nSPS) is 22.6. The molecule has 1 amide bonds. The van der Waals surface area contributed by atoms with Crippen LogP contribution in [0.25, 0.3) is 11.2 Å². The summed E-state index contributed by atoms with van der Waals surface area (Å²) in [6, 6.07) is 3.88.